The van der Waals surface area contributed by atoms with Crippen LogP contribution in [0.3, 0.4) is 0 Å². The number of fused-ring (bicyclic) bond motifs is 1. The smallest absolute Gasteiger partial charge is 0.285 e. The minimum atomic E-state index is -3.17. The van der Waals surface area contributed by atoms with Gasteiger partial charge in [0, 0.05) is 16.0 Å². The van der Waals surface area contributed by atoms with Crippen LogP contribution in [0.2, 0.25) is 5.02 Å². The molecule has 2 aliphatic rings. The highest BCUT2D eigenvalue weighted by atomic mass is 35.5. The standard InChI is InChI=1S/C19H16ClFN2O4S2/c20-12-1-7-15(8-2-12)27-9-18(24)22-19-23(14-5-3-13(21)4-6-14)16-10-29(25,26)11-17(16)28-19/h1-8,16-17H,9-11H2/t16-,17+/m1/s1. The monoisotopic (exact) mass is 454 g/mol. The quantitative estimate of drug-likeness (QED) is 0.706. The molecular formula is C19H16ClFN2O4S2. The topological polar surface area (TPSA) is 76.0 Å². The zero-order chi connectivity index (χ0) is 20.6. The molecule has 152 valence electrons. The third-order valence-corrected chi connectivity index (χ3v) is 8.03. The number of benzene rings is 2. The minimum absolute atomic E-state index is 0.0223. The Kier molecular flexibility index (Phi) is 5.54. The maximum Gasteiger partial charge on any atom is 0.285 e. The van der Waals surface area contributed by atoms with Crippen molar-refractivity contribution in [1.82, 2.24) is 0 Å². The van der Waals surface area contributed by atoms with Gasteiger partial charge in [0.15, 0.2) is 21.6 Å². The van der Waals surface area contributed by atoms with Crippen LogP contribution in [0.5, 0.6) is 5.75 Å². The maximum atomic E-state index is 13.3. The van der Waals surface area contributed by atoms with Gasteiger partial charge in [-0.3, -0.25) is 4.79 Å². The Labute approximate surface area is 176 Å². The fraction of sp³-hybridized carbons (Fsp3) is 0.263. The molecule has 0 unspecified atom stereocenters. The van der Waals surface area contributed by atoms with E-state index < -0.39 is 21.6 Å². The molecule has 2 aromatic rings. The molecule has 4 rings (SSSR count). The fourth-order valence-electron chi connectivity index (χ4n) is 3.28. The Morgan fingerprint density at radius 2 is 1.86 bits per heavy atom. The molecule has 2 fully saturated rings. The molecule has 29 heavy (non-hydrogen) atoms. The molecule has 0 aromatic heterocycles. The summed E-state index contributed by atoms with van der Waals surface area (Å²) in [5, 5.41) is 0.725. The predicted molar refractivity (Wildman–Crippen MR) is 112 cm³/mol. The van der Waals surface area contributed by atoms with Gasteiger partial charge in [-0.2, -0.15) is 4.99 Å². The first-order valence-electron chi connectivity index (χ1n) is 8.72. The summed E-state index contributed by atoms with van der Waals surface area (Å²) in [4.78, 5) is 18.2. The van der Waals surface area contributed by atoms with E-state index in [1.807, 2.05) is 0 Å². The largest absolute Gasteiger partial charge is 0.484 e. The van der Waals surface area contributed by atoms with Gasteiger partial charge in [-0.1, -0.05) is 23.4 Å². The van der Waals surface area contributed by atoms with Crippen LogP contribution in [0.15, 0.2) is 53.5 Å². The summed E-state index contributed by atoms with van der Waals surface area (Å²) in [6, 6.07) is 11.9. The zero-order valence-electron chi connectivity index (χ0n) is 15.0. The Bertz CT molecular complexity index is 1060. The van der Waals surface area contributed by atoms with E-state index in [4.69, 9.17) is 16.3 Å². The van der Waals surface area contributed by atoms with Crippen LogP contribution in [0, 0.1) is 5.82 Å². The van der Waals surface area contributed by atoms with Crippen molar-refractivity contribution >= 4 is 50.0 Å². The second-order valence-electron chi connectivity index (χ2n) is 6.68. The van der Waals surface area contributed by atoms with Crippen molar-refractivity contribution < 1.29 is 22.3 Å². The Morgan fingerprint density at radius 3 is 2.55 bits per heavy atom. The van der Waals surface area contributed by atoms with Crippen LogP contribution in [0.25, 0.3) is 0 Å². The lowest BCUT2D eigenvalue weighted by molar-refractivity contribution is -0.119. The zero-order valence-corrected chi connectivity index (χ0v) is 17.4. The van der Waals surface area contributed by atoms with Gasteiger partial charge in [-0.05, 0) is 48.5 Å². The molecule has 0 N–H and O–H groups in total. The van der Waals surface area contributed by atoms with Crippen molar-refractivity contribution in [3.8, 4) is 5.75 Å². The summed E-state index contributed by atoms with van der Waals surface area (Å²) in [6.07, 6.45) is 0. The van der Waals surface area contributed by atoms with Crippen molar-refractivity contribution in [2.45, 2.75) is 11.3 Å². The molecule has 1 amide bonds. The number of hydrogen-bond donors (Lipinski definition) is 0. The molecule has 2 aromatic carbocycles. The molecule has 0 radical (unpaired) electrons. The first-order chi connectivity index (χ1) is 13.8. The first-order valence-corrected chi connectivity index (χ1v) is 11.8. The number of aliphatic imine (C=N–C) groups is 1. The van der Waals surface area contributed by atoms with E-state index in [1.165, 1.54) is 23.9 Å². The number of rotatable bonds is 4. The number of hydrogen-bond acceptors (Lipinski definition) is 5. The first kappa shape index (κ1) is 20.2. The van der Waals surface area contributed by atoms with E-state index >= 15 is 0 Å². The highest BCUT2D eigenvalue weighted by molar-refractivity contribution is 8.16. The fourth-order valence-corrected chi connectivity index (χ4v) is 7.34. The van der Waals surface area contributed by atoms with Gasteiger partial charge in [-0.15, -0.1) is 0 Å². The molecule has 6 nitrogen and oxygen atoms in total. The van der Waals surface area contributed by atoms with Crippen molar-refractivity contribution in [3.63, 3.8) is 0 Å². The normalized spacial score (nSPS) is 23.9. The van der Waals surface area contributed by atoms with E-state index in [9.17, 15) is 17.6 Å². The molecule has 0 aliphatic carbocycles. The summed E-state index contributed by atoms with van der Waals surface area (Å²) in [5.41, 5.74) is 0.591. The summed E-state index contributed by atoms with van der Waals surface area (Å²) in [7, 11) is -3.17. The molecule has 0 spiro atoms. The van der Waals surface area contributed by atoms with Gasteiger partial charge in [0.1, 0.15) is 11.6 Å². The van der Waals surface area contributed by atoms with Crippen LogP contribution in [-0.4, -0.2) is 48.9 Å². The Hall–Kier alpha value is -2.10. The van der Waals surface area contributed by atoms with Crippen molar-refractivity contribution in [3.05, 3.63) is 59.4 Å². The summed E-state index contributed by atoms with van der Waals surface area (Å²) < 4.78 is 42.9. The van der Waals surface area contributed by atoms with E-state index in [0.717, 1.165) is 0 Å². The molecule has 2 aliphatic heterocycles. The second kappa shape index (κ2) is 7.97. The second-order valence-corrected chi connectivity index (χ2v) is 10.5. The molecule has 0 bridgehead atoms. The van der Waals surface area contributed by atoms with E-state index in [1.54, 1.807) is 41.3 Å². The van der Waals surface area contributed by atoms with Crippen LogP contribution in [0.1, 0.15) is 0 Å². The third-order valence-electron chi connectivity index (χ3n) is 4.57. The van der Waals surface area contributed by atoms with E-state index in [-0.39, 0.29) is 29.4 Å². The Morgan fingerprint density at radius 1 is 1.17 bits per heavy atom. The Balaban J connectivity index is 1.54. The third kappa shape index (κ3) is 4.57. The lowest BCUT2D eigenvalue weighted by Crippen LogP contribution is -2.37. The van der Waals surface area contributed by atoms with Gasteiger partial charge in [0.05, 0.1) is 17.5 Å². The molecular weight excluding hydrogens is 439 g/mol. The number of anilines is 1. The average molecular weight is 455 g/mol. The number of carbonyl (C=O) groups excluding carboxylic acids is 1. The van der Waals surface area contributed by atoms with Crippen molar-refractivity contribution in [2.24, 2.45) is 4.99 Å². The van der Waals surface area contributed by atoms with Crippen molar-refractivity contribution in [2.75, 3.05) is 23.0 Å². The predicted octanol–water partition coefficient (Wildman–Crippen LogP) is 3.16. The number of nitrogens with zero attached hydrogens (tertiary/aromatic N) is 2. The maximum absolute atomic E-state index is 13.3. The summed E-state index contributed by atoms with van der Waals surface area (Å²) in [6.45, 7) is -0.267. The van der Waals surface area contributed by atoms with Crippen molar-refractivity contribution in [1.29, 1.82) is 0 Å². The SMILES string of the molecule is O=C(COc1ccc(Cl)cc1)N=C1S[C@H]2CS(=O)(=O)C[C@H]2N1c1ccc(F)cc1. The number of thioether (sulfide) groups is 1. The molecule has 2 heterocycles. The van der Waals surface area contributed by atoms with Gasteiger partial charge in [-0.25, -0.2) is 12.8 Å². The number of amides is 1. The number of carbonyl (C=O) groups is 1. The van der Waals surface area contributed by atoms with Gasteiger partial charge < -0.3 is 9.64 Å². The summed E-state index contributed by atoms with van der Waals surface area (Å²) in [5.74, 6) is -0.426. The average Bonchev–Trinajstić information content (AvgIpc) is 3.13. The van der Waals surface area contributed by atoms with Crippen LogP contribution >= 0.6 is 23.4 Å². The van der Waals surface area contributed by atoms with Crippen LogP contribution in [0.4, 0.5) is 10.1 Å². The van der Waals surface area contributed by atoms with Gasteiger partial charge in [0.2, 0.25) is 0 Å². The van der Waals surface area contributed by atoms with Gasteiger partial charge in [0.25, 0.3) is 5.91 Å². The number of halogens is 2. The van der Waals surface area contributed by atoms with E-state index in [2.05, 4.69) is 4.99 Å². The van der Waals surface area contributed by atoms with Crippen LogP contribution in [-0.2, 0) is 14.6 Å². The lowest BCUT2D eigenvalue weighted by atomic mass is 10.2. The number of amidine groups is 1. The van der Waals surface area contributed by atoms with Gasteiger partial charge >= 0.3 is 0 Å². The highest BCUT2D eigenvalue weighted by Crippen LogP contribution is 2.40. The summed E-state index contributed by atoms with van der Waals surface area (Å²) >= 11 is 7.07. The highest BCUT2D eigenvalue weighted by Gasteiger charge is 2.49. The lowest BCUT2D eigenvalue weighted by Gasteiger charge is -2.24. The molecule has 0 saturated carbocycles. The molecule has 2 saturated heterocycles. The number of sulfone groups is 1. The van der Waals surface area contributed by atoms with E-state index in [0.29, 0.717) is 21.6 Å². The van der Waals surface area contributed by atoms with Crippen LogP contribution < -0.4 is 9.64 Å². The minimum Gasteiger partial charge on any atom is -0.484 e. The molecule has 10 heteroatoms. The number of ether oxygens (including phenoxy) is 1. The molecule has 2 atom stereocenters.